The minimum absolute atomic E-state index is 0.183. The number of aromatic nitrogens is 2. The molecule has 0 radical (unpaired) electrons. The fourth-order valence-electron chi connectivity index (χ4n) is 2.15. The predicted molar refractivity (Wildman–Crippen MR) is 79.3 cm³/mol. The van der Waals surface area contributed by atoms with Gasteiger partial charge in [-0.05, 0) is 26.1 Å². The van der Waals surface area contributed by atoms with E-state index in [1.54, 1.807) is 22.9 Å². The third-order valence-corrected chi connectivity index (χ3v) is 3.12. The molecular formula is C15H19FN4O. The lowest BCUT2D eigenvalue weighted by Crippen LogP contribution is -2.30. The van der Waals surface area contributed by atoms with Gasteiger partial charge in [0.05, 0.1) is 17.9 Å². The van der Waals surface area contributed by atoms with Gasteiger partial charge in [0, 0.05) is 25.4 Å². The summed E-state index contributed by atoms with van der Waals surface area (Å²) < 4.78 is 15.2. The number of likely N-dealkylation sites (N-methyl/N-ethyl adjacent to an activating group) is 1. The fourth-order valence-corrected chi connectivity index (χ4v) is 2.15. The lowest BCUT2D eigenvalue weighted by Gasteiger charge is -2.16. The lowest BCUT2D eigenvalue weighted by molar-refractivity contribution is -0.117. The average molecular weight is 290 g/mol. The van der Waals surface area contributed by atoms with Gasteiger partial charge in [-0.1, -0.05) is 12.1 Å². The Morgan fingerprint density at radius 1 is 1.43 bits per heavy atom. The topological polar surface area (TPSA) is 50.2 Å². The van der Waals surface area contributed by atoms with E-state index in [9.17, 15) is 9.18 Å². The summed E-state index contributed by atoms with van der Waals surface area (Å²) in [4.78, 5) is 13.8. The van der Waals surface area contributed by atoms with Crippen molar-refractivity contribution in [2.24, 2.45) is 7.05 Å². The number of hydrogen-bond acceptors (Lipinski definition) is 3. The molecule has 0 aliphatic carbocycles. The number of carbonyl (C=O) groups is 1. The van der Waals surface area contributed by atoms with Crippen LogP contribution in [0.25, 0.3) is 0 Å². The normalized spacial score (nSPS) is 10.9. The summed E-state index contributed by atoms with van der Waals surface area (Å²) in [5, 5.41) is 6.83. The lowest BCUT2D eigenvalue weighted by atomic mass is 10.2. The van der Waals surface area contributed by atoms with Crippen molar-refractivity contribution in [1.82, 2.24) is 14.7 Å². The van der Waals surface area contributed by atoms with Gasteiger partial charge >= 0.3 is 0 Å². The zero-order valence-corrected chi connectivity index (χ0v) is 12.4. The van der Waals surface area contributed by atoms with Gasteiger partial charge in [0.25, 0.3) is 0 Å². The molecule has 2 rings (SSSR count). The third-order valence-electron chi connectivity index (χ3n) is 3.12. The van der Waals surface area contributed by atoms with Crippen molar-refractivity contribution >= 4 is 11.6 Å². The molecule has 1 N–H and O–H groups in total. The van der Waals surface area contributed by atoms with E-state index in [1.807, 2.05) is 32.1 Å². The Kier molecular flexibility index (Phi) is 4.70. The van der Waals surface area contributed by atoms with Crippen molar-refractivity contribution in [3.05, 3.63) is 47.5 Å². The van der Waals surface area contributed by atoms with Crippen molar-refractivity contribution in [3.63, 3.8) is 0 Å². The molecule has 21 heavy (non-hydrogen) atoms. The van der Waals surface area contributed by atoms with Crippen LogP contribution >= 0.6 is 0 Å². The molecular weight excluding hydrogens is 271 g/mol. The first-order valence-electron chi connectivity index (χ1n) is 6.67. The van der Waals surface area contributed by atoms with Gasteiger partial charge in [-0.3, -0.25) is 14.4 Å². The molecule has 2 aromatic rings. The maximum atomic E-state index is 13.5. The van der Waals surface area contributed by atoms with Crippen LogP contribution in [-0.4, -0.2) is 34.2 Å². The summed E-state index contributed by atoms with van der Waals surface area (Å²) in [7, 11) is 3.70. The number of halogens is 1. The van der Waals surface area contributed by atoms with Gasteiger partial charge in [0.15, 0.2) is 0 Å². The Labute approximate surface area is 123 Å². The highest BCUT2D eigenvalue weighted by atomic mass is 19.1. The number of rotatable bonds is 5. The number of nitrogens with one attached hydrogen (secondary N) is 1. The fraction of sp³-hybridized carbons (Fsp3) is 0.333. The van der Waals surface area contributed by atoms with Gasteiger partial charge in [-0.15, -0.1) is 0 Å². The summed E-state index contributed by atoms with van der Waals surface area (Å²) in [6.45, 7) is 2.73. The molecule has 0 aliphatic rings. The molecule has 0 bridgehead atoms. The van der Waals surface area contributed by atoms with Crippen molar-refractivity contribution in [2.75, 3.05) is 18.9 Å². The van der Waals surface area contributed by atoms with Crippen LogP contribution in [0.5, 0.6) is 0 Å². The average Bonchev–Trinajstić information content (AvgIpc) is 2.70. The molecule has 1 heterocycles. The Bertz CT molecular complexity index is 638. The minimum Gasteiger partial charge on any atom is -0.322 e. The van der Waals surface area contributed by atoms with Crippen LogP contribution in [0, 0.1) is 12.7 Å². The first-order chi connectivity index (χ1) is 9.95. The highest BCUT2D eigenvalue weighted by Crippen LogP contribution is 2.12. The molecule has 112 valence electrons. The van der Waals surface area contributed by atoms with E-state index in [2.05, 4.69) is 10.4 Å². The Morgan fingerprint density at radius 3 is 2.76 bits per heavy atom. The van der Waals surface area contributed by atoms with Crippen molar-refractivity contribution in [1.29, 1.82) is 0 Å². The number of nitrogens with zero attached hydrogens (tertiary/aromatic N) is 3. The molecule has 1 amide bonds. The van der Waals surface area contributed by atoms with E-state index in [0.29, 0.717) is 6.54 Å². The number of aryl methyl sites for hydroxylation is 2. The zero-order valence-electron chi connectivity index (χ0n) is 12.4. The highest BCUT2D eigenvalue weighted by molar-refractivity contribution is 5.92. The van der Waals surface area contributed by atoms with E-state index >= 15 is 0 Å². The van der Waals surface area contributed by atoms with Crippen LogP contribution in [0.15, 0.2) is 30.5 Å². The summed E-state index contributed by atoms with van der Waals surface area (Å²) in [6.07, 6.45) is 1.93. The Hall–Kier alpha value is -2.21. The third kappa shape index (κ3) is 4.13. The summed E-state index contributed by atoms with van der Waals surface area (Å²) in [5.41, 5.74) is 2.21. The van der Waals surface area contributed by atoms with Gasteiger partial charge in [-0.25, -0.2) is 4.39 Å². The minimum atomic E-state index is -0.434. The molecule has 0 saturated heterocycles. The smallest absolute Gasteiger partial charge is 0.238 e. The molecule has 0 saturated carbocycles. The van der Waals surface area contributed by atoms with E-state index in [-0.39, 0.29) is 18.1 Å². The molecule has 0 fully saturated rings. The van der Waals surface area contributed by atoms with Crippen LogP contribution in [0.4, 0.5) is 10.1 Å². The van der Waals surface area contributed by atoms with E-state index in [1.165, 1.54) is 6.07 Å². The number of benzene rings is 1. The standard InChI is InChI=1S/C15H19FN4O/c1-11-12(9-20(3)18-11)8-19(2)10-15(21)17-14-7-5-4-6-13(14)16/h4-7,9H,8,10H2,1-3H3,(H,17,21). The largest absolute Gasteiger partial charge is 0.322 e. The number of hydrogen-bond donors (Lipinski definition) is 1. The molecule has 6 heteroatoms. The number of para-hydroxylation sites is 1. The van der Waals surface area contributed by atoms with Crippen LogP contribution in [-0.2, 0) is 18.4 Å². The molecule has 0 atom stereocenters. The van der Waals surface area contributed by atoms with Crippen molar-refractivity contribution in [3.8, 4) is 0 Å². The number of amides is 1. The molecule has 1 aromatic heterocycles. The zero-order chi connectivity index (χ0) is 15.4. The first kappa shape index (κ1) is 15.2. The monoisotopic (exact) mass is 290 g/mol. The summed E-state index contributed by atoms with van der Waals surface area (Å²) >= 11 is 0. The van der Waals surface area contributed by atoms with E-state index in [0.717, 1.165) is 11.3 Å². The second-order valence-corrected chi connectivity index (χ2v) is 5.11. The van der Waals surface area contributed by atoms with Crippen LogP contribution in [0.2, 0.25) is 0 Å². The van der Waals surface area contributed by atoms with Crippen LogP contribution in [0.3, 0.4) is 0 Å². The molecule has 1 aromatic carbocycles. The van der Waals surface area contributed by atoms with E-state index in [4.69, 9.17) is 0 Å². The predicted octanol–water partition coefficient (Wildman–Crippen LogP) is 1.94. The Morgan fingerprint density at radius 2 is 2.14 bits per heavy atom. The second kappa shape index (κ2) is 6.49. The van der Waals surface area contributed by atoms with Crippen molar-refractivity contribution < 1.29 is 9.18 Å². The maximum absolute atomic E-state index is 13.5. The SMILES string of the molecule is Cc1nn(C)cc1CN(C)CC(=O)Nc1ccccc1F. The number of anilines is 1. The summed E-state index contributed by atoms with van der Waals surface area (Å²) in [6, 6.07) is 6.13. The number of carbonyl (C=O) groups excluding carboxylic acids is 1. The Balaban J connectivity index is 1.90. The molecule has 5 nitrogen and oxygen atoms in total. The van der Waals surface area contributed by atoms with Gasteiger partial charge in [0.1, 0.15) is 5.82 Å². The highest BCUT2D eigenvalue weighted by Gasteiger charge is 2.11. The molecule has 0 aliphatic heterocycles. The molecule has 0 spiro atoms. The summed E-state index contributed by atoms with van der Waals surface area (Å²) in [5.74, 6) is -0.680. The van der Waals surface area contributed by atoms with Crippen molar-refractivity contribution in [2.45, 2.75) is 13.5 Å². The van der Waals surface area contributed by atoms with Gasteiger partial charge < -0.3 is 5.32 Å². The maximum Gasteiger partial charge on any atom is 0.238 e. The van der Waals surface area contributed by atoms with E-state index < -0.39 is 5.82 Å². The molecule has 0 unspecified atom stereocenters. The van der Waals surface area contributed by atoms with Gasteiger partial charge in [0.2, 0.25) is 5.91 Å². The van der Waals surface area contributed by atoms with Crippen LogP contribution in [0.1, 0.15) is 11.3 Å². The van der Waals surface area contributed by atoms with Crippen LogP contribution < -0.4 is 5.32 Å². The first-order valence-corrected chi connectivity index (χ1v) is 6.67. The quantitative estimate of drug-likeness (QED) is 0.915. The second-order valence-electron chi connectivity index (χ2n) is 5.11. The van der Waals surface area contributed by atoms with Gasteiger partial charge in [-0.2, -0.15) is 5.10 Å².